The summed E-state index contributed by atoms with van der Waals surface area (Å²) < 4.78 is 0. The van der Waals surface area contributed by atoms with E-state index in [2.05, 4.69) is 39.9 Å². The average Bonchev–Trinajstić information content (AvgIpc) is 3.25. The first-order valence-corrected chi connectivity index (χ1v) is 16.5. The normalized spacial score (nSPS) is 7.21. The summed E-state index contributed by atoms with van der Waals surface area (Å²) in [4.78, 5) is 28.1. The Morgan fingerprint density at radius 2 is 0.515 bits per heavy atom. The molecule has 20 nitrogen and oxygen atoms in total. The van der Waals surface area contributed by atoms with Gasteiger partial charge in [-0.3, -0.25) is 24.9 Å². The molecule has 8 aromatic rings. The van der Waals surface area contributed by atoms with E-state index in [1.54, 1.807) is 103 Å². The Bertz CT molecular complexity index is 1690. The molecule has 8 aromatic heterocycles. The number of hydrogen-bond acceptors (Lipinski definition) is 16. The smallest absolute Gasteiger partial charge is 2.00 e. The Morgan fingerprint density at radius 3 is 0.576 bits per heavy atom. The topological polar surface area (TPSA) is 394 Å². The Hall–Kier alpha value is -6.84. The Labute approximate surface area is 423 Å². The van der Waals surface area contributed by atoms with Crippen molar-refractivity contribution < 1.29 is 125 Å². The summed E-state index contributed by atoms with van der Waals surface area (Å²) in [6.07, 6.45) is 14.0. The first-order valence-electron chi connectivity index (χ1n) is 16.5. The molecule has 0 aliphatic carbocycles. The molecule has 0 aromatic carbocycles. The van der Waals surface area contributed by atoms with Crippen molar-refractivity contribution in [3.63, 3.8) is 0 Å². The SMILES string of the molecule is CC#N.Oc1ccccn1.Oc1ccccn1.Oc1ccccn1.[Co+3].[Co+3].[Co+3].[Co+3].[O-2].[O-2].[O-2].[O-2].[O-]c1ccccn1.[O-]c1ccccn1.[O-]c1ccccn1.[O-]c1ccccn1.c1ccncc1. The monoisotopic (exact) mass is 1080 g/mol. The fourth-order valence-electron chi connectivity index (χ4n) is 2.76. The van der Waals surface area contributed by atoms with E-state index in [4.69, 9.17) is 20.6 Å². The van der Waals surface area contributed by atoms with Crippen LogP contribution in [0.2, 0.25) is 0 Å². The van der Waals surface area contributed by atoms with Crippen molar-refractivity contribution in [3.05, 3.63) is 201 Å². The van der Waals surface area contributed by atoms with Gasteiger partial charge in [0.05, 0.1) is 6.07 Å². The zero-order valence-corrected chi connectivity index (χ0v) is 38.2. The molecule has 0 atom stereocenters. The van der Waals surface area contributed by atoms with E-state index in [-0.39, 0.29) is 130 Å². The van der Waals surface area contributed by atoms with Crippen LogP contribution in [-0.2, 0) is 89.0 Å². The van der Waals surface area contributed by atoms with Crippen LogP contribution in [0.3, 0.4) is 0 Å². The molecule has 0 spiro atoms. The number of nitriles is 1. The predicted molar refractivity (Wildman–Crippen MR) is 211 cm³/mol. The molecule has 0 amide bonds. The summed E-state index contributed by atoms with van der Waals surface area (Å²) in [5.41, 5.74) is 0. The van der Waals surface area contributed by atoms with Gasteiger partial charge >= 0.3 is 67.1 Å². The van der Waals surface area contributed by atoms with Crippen LogP contribution in [0.5, 0.6) is 41.2 Å². The molecule has 0 bridgehead atoms. The molecule has 0 unspecified atom stereocenters. The van der Waals surface area contributed by atoms with Gasteiger partial charge in [0, 0.05) is 80.9 Å². The van der Waals surface area contributed by atoms with Gasteiger partial charge in [0.2, 0.25) is 17.6 Å². The van der Waals surface area contributed by atoms with E-state index in [0.29, 0.717) is 0 Å². The van der Waals surface area contributed by atoms with Gasteiger partial charge in [0.1, 0.15) is 0 Å². The predicted octanol–water partition coefficient (Wildman–Crippen LogP) is 4.11. The summed E-state index contributed by atoms with van der Waals surface area (Å²) in [6, 6.07) is 41.6. The zero-order valence-electron chi connectivity index (χ0n) is 34.0. The third-order valence-corrected chi connectivity index (χ3v) is 5.07. The van der Waals surface area contributed by atoms with Gasteiger partial charge in [-0.2, -0.15) is 5.26 Å². The van der Waals surface area contributed by atoms with E-state index < -0.39 is 0 Å². The van der Waals surface area contributed by atoms with Crippen LogP contribution >= 0.6 is 0 Å². The van der Waals surface area contributed by atoms with E-state index in [0.717, 1.165) is 0 Å². The maximum atomic E-state index is 10.2. The Morgan fingerprint density at radius 1 is 0.333 bits per heavy atom. The maximum absolute atomic E-state index is 10.2. The summed E-state index contributed by atoms with van der Waals surface area (Å²) in [7, 11) is 0. The maximum Gasteiger partial charge on any atom is 3.00 e. The largest absolute Gasteiger partial charge is 3.00 e. The number of aromatic hydroxyl groups is 3. The number of aromatic nitrogens is 8. The van der Waals surface area contributed by atoms with Crippen LogP contribution in [0.15, 0.2) is 201 Å². The standard InChI is InChI=1S/7C5H5NO.C5H5N.C2H3N.4Co.4O/c7*7-5-3-1-2-4-6-5;1-2-4-6-5-3-1;1-2-3;;;;;;;;/h7*1-4H,(H,6,7);1-5H;1H3;;;;;;;;/q;;;;;;;;;4*+3;4*-2/p-4. The van der Waals surface area contributed by atoms with Crippen molar-refractivity contribution in [2.75, 3.05) is 0 Å². The van der Waals surface area contributed by atoms with Crippen LogP contribution in [0.1, 0.15) is 6.92 Å². The molecule has 0 saturated heterocycles. The Balaban J connectivity index is -0.0000000784. The molecule has 0 aliphatic rings. The molecule has 0 radical (unpaired) electrons. The second-order valence-corrected chi connectivity index (χ2v) is 9.48. The minimum absolute atomic E-state index is 0. The van der Waals surface area contributed by atoms with Crippen LogP contribution < -0.4 is 20.4 Å². The molecule has 0 fully saturated rings. The van der Waals surface area contributed by atoms with Crippen molar-refractivity contribution in [1.29, 1.82) is 5.26 Å². The summed E-state index contributed by atoms with van der Waals surface area (Å²) in [5, 5.41) is 73.5. The van der Waals surface area contributed by atoms with Gasteiger partial charge in [-0.25, -0.2) is 15.0 Å². The minimum atomic E-state index is -0.178. The minimum Gasteiger partial charge on any atom is -2.00 e. The Kier molecular flexibility index (Phi) is 72.6. The van der Waals surface area contributed by atoms with E-state index in [9.17, 15) is 20.4 Å². The van der Waals surface area contributed by atoms with Gasteiger partial charge in [0.15, 0.2) is 0 Å². The van der Waals surface area contributed by atoms with E-state index in [1.165, 1.54) is 92.8 Å². The third-order valence-electron chi connectivity index (χ3n) is 5.07. The van der Waals surface area contributed by atoms with Gasteiger partial charge in [-0.15, -0.1) is 0 Å². The first-order chi connectivity index (χ1) is 28.2. The number of nitrogens with zero attached hydrogens (tertiary/aromatic N) is 9. The quantitative estimate of drug-likeness (QED) is 0.192. The first kappa shape index (κ1) is 79.5. The van der Waals surface area contributed by atoms with Crippen LogP contribution in [0.25, 0.3) is 0 Å². The fraction of sp³-hybridized carbons (Fsp3) is 0.0238. The van der Waals surface area contributed by atoms with E-state index in [1.807, 2.05) is 18.2 Å². The van der Waals surface area contributed by atoms with Crippen molar-refractivity contribution in [2.45, 2.75) is 6.92 Å². The molecule has 8 heterocycles. The summed E-state index contributed by atoms with van der Waals surface area (Å²) in [5.74, 6) is -0.498. The molecule has 66 heavy (non-hydrogen) atoms. The molecule has 24 heteroatoms. The van der Waals surface area contributed by atoms with Crippen LogP contribution in [-0.4, -0.2) is 55.2 Å². The summed E-state index contributed by atoms with van der Waals surface area (Å²) >= 11 is 0. The zero-order chi connectivity index (χ0) is 42.7. The number of rotatable bonds is 0. The number of pyridine rings is 8. The summed E-state index contributed by atoms with van der Waals surface area (Å²) in [6.45, 7) is 1.43. The van der Waals surface area contributed by atoms with Crippen LogP contribution in [0, 0.1) is 11.3 Å². The molecule has 354 valence electrons. The molecule has 0 saturated carbocycles. The second kappa shape index (κ2) is 60.2. The van der Waals surface area contributed by atoms with Gasteiger partial charge in [0.25, 0.3) is 0 Å². The van der Waals surface area contributed by atoms with Crippen molar-refractivity contribution >= 4 is 0 Å². The van der Waals surface area contributed by atoms with Crippen molar-refractivity contribution in [2.24, 2.45) is 0 Å². The van der Waals surface area contributed by atoms with E-state index >= 15 is 0 Å². The molecule has 8 rings (SSSR count). The molecule has 3 N–H and O–H groups in total. The average molecular weight is 1080 g/mol. The fourth-order valence-corrected chi connectivity index (χ4v) is 2.76. The van der Waals surface area contributed by atoms with Gasteiger partial charge in [-0.1, -0.05) is 72.8 Å². The van der Waals surface area contributed by atoms with Gasteiger partial charge < -0.3 is 57.7 Å². The molecule has 0 aliphatic heterocycles. The number of hydrogen-bond donors (Lipinski definition) is 3. The molecular weight excluding hydrogens is 1040 g/mol. The van der Waals surface area contributed by atoms with Crippen molar-refractivity contribution in [3.8, 4) is 47.2 Å². The second-order valence-electron chi connectivity index (χ2n) is 9.48. The van der Waals surface area contributed by atoms with Crippen LogP contribution in [0.4, 0.5) is 0 Å². The third kappa shape index (κ3) is 59.2. The van der Waals surface area contributed by atoms with Gasteiger partial charge in [-0.05, 0) is 78.1 Å². The van der Waals surface area contributed by atoms with Crippen molar-refractivity contribution in [1.82, 2.24) is 39.9 Å². The molecular formula is C42H39Co4N9O11.